The van der Waals surface area contributed by atoms with Gasteiger partial charge in [-0.05, 0) is 122 Å². The van der Waals surface area contributed by atoms with Crippen molar-refractivity contribution >= 4 is 17.9 Å². The number of carboxylic acids is 1. The van der Waals surface area contributed by atoms with Crippen molar-refractivity contribution in [3.63, 3.8) is 0 Å². The van der Waals surface area contributed by atoms with Gasteiger partial charge in [-0.3, -0.25) is 9.59 Å². The fourth-order valence-corrected chi connectivity index (χ4v) is 10.7. The minimum atomic E-state index is -1.53. The summed E-state index contributed by atoms with van der Waals surface area (Å²) in [6, 6.07) is 0. The van der Waals surface area contributed by atoms with Crippen LogP contribution >= 0.6 is 0 Å². The normalized spacial score (nSPS) is 13.5. The Hall–Kier alpha value is -4.83. The van der Waals surface area contributed by atoms with E-state index in [0.717, 1.165) is 109 Å². The number of unbranched alkanes of at least 4 members (excludes halogenated alkanes) is 32. The quantitative estimate of drug-likeness (QED) is 0.0211. The van der Waals surface area contributed by atoms with Crippen LogP contribution in [0, 0.1) is 0 Å². The van der Waals surface area contributed by atoms with Crippen LogP contribution in [0.1, 0.15) is 322 Å². The SMILES string of the molecule is CC/C=C\C/C=C\C/C=C\C/C=C\C/C=C\C/C=C\C/C=C\C/C=C\C/C=C\C/C=C\C/C=C\CCCCCC(=O)OC(COC(=O)CCCCCCCCCCCCCCCCCCCCCCC/C=C\CCCCCCCCCC)COC(OCC[N+](C)(C)C)C(=O)O. The first-order valence-electron chi connectivity index (χ1n) is 39.0. The van der Waals surface area contributed by atoms with E-state index in [9.17, 15) is 19.5 Å². The molecule has 1 N–H and O–H groups in total. The van der Waals surface area contributed by atoms with E-state index in [4.69, 9.17) is 18.9 Å². The molecule has 0 saturated carbocycles. The highest BCUT2D eigenvalue weighted by atomic mass is 16.7. The van der Waals surface area contributed by atoms with Crippen LogP contribution in [0.4, 0.5) is 0 Å². The van der Waals surface area contributed by atoms with Gasteiger partial charge in [0.15, 0.2) is 6.10 Å². The third-order valence-corrected chi connectivity index (χ3v) is 16.6. The molecule has 0 saturated heterocycles. The van der Waals surface area contributed by atoms with Crippen LogP contribution in [0.2, 0.25) is 0 Å². The Labute approximate surface area is 585 Å². The molecule has 0 aliphatic carbocycles. The van der Waals surface area contributed by atoms with Gasteiger partial charge in [-0.25, -0.2) is 4.79 Å². The summed E-state index contributed by atoms with van der Waals surface area (Å²) in [6.45, 7) is 4.74. The zero-order chi connectivity index (χ0) is 69.0. The number of hydrogen-bond donors (Lipinski definition) is 1. The Balaban J connectivity index is 4.16. The van der Waals surface area contributed by atoms with E-state index in [0.29, 0.717) is 23.9 Å². The molecule has 0 spiro atoms. The monoisotopic (exact) mass is 1320 g/mol. The fraction of sp³-hybridized carbons (Fsp3) is 0.686. The predicted molar refractivity (Wildman–Crippen MR) is 410 cm³/mol. The zero-order valence-corrected chi connectivity index (χ0v) is 62.0. The molecule has 0 heterocycles. The topological polar surface area (TPSA) is 108 Å². The van der Waals surface area contributed by atoms with E-state index in [-0.39, 0.29) is 32.2 Å². The highest BCUT2D eigenvalue weighted by Gasteiger charge is 2.25. The van der Waals surface area contributed by atoms with Gasteiger partial charge in [-0.2, -0.15) is 0 Å². The molecule has 0 aliphatic heterocycles. The predicted octanol–water partition coefficient (Wildman–Crippen LogP) is 25.0. The van der Waals surface area contributed by atoms with Crippen LogP contribution in [0.3, 0.4) is 0 Å². The number of allylic oxidation sites excluding steroid dienone is 24. The molecule has 0 aromatic heterocycles. The summed E-state index contributed by atoms with van der Waals surface area (Å²) in [5.74, 6) is -2.05. The number of hydrogen-bond acceptors (Lipinski definition) is 7. The Bertz CT molecular complexity index is 2080. The average molecular weight is 1320 g/mol. The average Bonchev–Trinajstić information content (AvgIpc) is 3.75. The summed E-state index contributed by atoms with van der Waals surface area (Å²) in [5, 5.41) is 9.76. The molecule has 0 aromatic carbocycles. The lowest BCUT2D eigenvalue weighted by Gasteiger charge is -2.25. The van der Waals surface area contributed by atoms with Crippen LogP contribution in [0.25, 0.3) is 0 Å². The molecule has 95 heavy (non-hydrogen) atoms. The summed E-state index contributed by atoms with van der Waals surface area (Å²) in [4.78, 5) is 37.7. The number of nitrogens with zero attached hydrogens (tertiary/aromatic N) is 1. The number of esters is 2. The van der Waals surface area contributed by atoms with Gasteiger partial charge < -0.3 is 28.5 Å². The van der Waals surface area contributed by atoms with E-state index < -0.39 is 24.3 Å². The molecule has 0 aliphatic rings. The molecule has 0 bridgehead atoms. The summed E-state index contributed by atoms with van der Waals surface area (Å²) < 4.78 is 23.0. The van der Waals surface area contributed by atoms with Crippen molar-refractivity contribution in [3.8, 4) is 0 Å². The molecule has 9 heteroatoms. The van der Waals surface area contributed by atoms with Gasteiger partial charge in [0.25, 0.3) is 6.29 Å². The second-order valence-electron chi connectivity index (χ2n) is 26.9. The lowest BCUT2D eigenvalue weighted by atomic mass is 10.0. The number of quaternary nitrogens is 1. The molecular weight excluding hydrogens is 1170 g/mol. The lowest BCUT2D eigenvalue weighted by molar-refractivity contribution is -0.870. The van der Waals surface area contributed by atoms with Crippen molar-refractivity contribution in [1.82, 2.24) is 0 Å². The van der Waals surface area contributed by atoms with Crippen molar-refractivity contribution in [3.05, 3.63) is 146 Å². The Morgan fingerprint density at radius 1 is 0.326 bits per heavy atom. The lowest BCUT2D eigenvalue weighted by Crippen LogP contribution is -2.40. The molecule has 0 aromatic rings. The minimum absolute atomic E-state index is 0.175. The van der Waals surface area contributed by atoms with Crippen molar-refractivity contribution in [2.45, 2.75) is 334 Å². The van der Waals surface area contributed by atoms with Crippen molar-refractivity contribution in [2.24, 2.45) is 0 Å². The first-order valence-corrected chi connectivity index (χ1v) is 39.0. The number of aliphatic carboxylic acids is 1. The Morgan fingerprint density at radius 2 is 0.600 bits per heavy atom. The van der Waals surface area contributed by atoms with E-state index >= 15 is 0 Å². The molecule has 0 fully saturated rings. The number of carboxylic acid groups (broad SMARTS) is 1. The number of likely N-dealkylation sites (N-methyl/N-ethyl adjacent to an activating group) is 1. The Morgan fingerprint density at radius 3 is 0.916 bits per heavy atom. The maximum absolute atomic E-state index is 13.0. The largest absolute Gasteiger partial charge is 0.477 e. The summed E-state index contributed by atoms with van der Waals surface area (Å²) in [6.07, 6.45) is 107. The van der Waals surface area contributed by atoms with E-state index in [1.165, 1.54) is 180 Å². The van der Waals surface area contributed by atoms with Gasteiger partial charge in [0.05, 0.1) is 34.4 Å². The summed E-state index contributed by atoms with van der Waals surface area (Å²) in [5.41, 5.74) is 0. The van der Waals surface area contributed by atoms with Gasteiger partial charge in [-0.1, -0.05) is 333 Å². The smallest absolute Gasteiger partial charge is 0.361 e. The number of ether oxygens (including phenoxy) is 4. The molecule has 0 rings (SSSR count). The van der Waals surface area contributed by atoms with Crippen LogP contribution in [0.5, 0.6) is 0 Å². The zero-order valence-electron chi connectivity index (χ0n) is 62.0. The number of carbonyl (C=O) groups is 3. The summed E-state index contributed by atoms with van der Waals surface area (Å²) in [7, 11) is 5.96. The highest BCUT2D eigenvalue weighted by molar-refractivity contribution is 5.71. The second-order valence-corrected chi connectivity index (χ2v) is 26.9. The molecule has 9 nitrogen and oxygen atoms in total. The molecule has 2 atom stereocenters. The van der Waals surface area contributed by atoms with Crippen molar-refractivity contribution in [1.29, 1.82) is 0 Å². The van der Waals surface area contributed by atoms with Crippen molar-refractivity contribution < 1.29 is 42.9 Å². The number of rotatable bonds is 71. The van der Waals surface area contributed by atoms with Crippen LogP contribution in [0.15, 0.2) is 146 Å². The van der Waals surface area contributed by atoms with Gasteiger partial charge in [0, 0.05) is 12.8 Å². The molecule has 0 amide bonds. The third kappa shape index (κ3) is 76.4. The molecular formula is C86H146NO8+. The van der Waals surface area contributed by atoms with Gasteiger partial charge in [0.2, 0.25) is 0 Å². The highest BCUT2D eigenvalue weighted by Crippen LogP contribution is 2.18. The molecule has 2 unspecified atom stereocenters. The van der Waals surface area contributed by atoms with E-state index in [1.54, 1.807) is 0 Å². The van der Waals surface area contributed by atoms with Gasteiger partial charge >= 0.3 is 17.9 Å². The van der Waals surface area contributed by atoms with Crippen LogP contribution < -0.4 is 0 Å². The molecule has 0 radical (unpaired) electrons. The maximum atomic E-state index is 13.0. The van der Waals surface area contributed by atoms with E-state index in [2.05, 4.69) is 160 Å². The maximum Gasteiger partial charge on any atom is 0.361 e. The third-order valence-electron chi connectivity index (χ3n) is 16.6. The van der Waals surface area contributed by atoms with Crippen molar-refractivity contribution in [2.75, 3.05) is 47.5 Å². The van der Waals surface area contributed by atoms with E-state index in [1.807, 2.05) is 21.1 Å². The fourth-order valence-electron chi connectivity index (χ4n) is 10.7. The molecule has 542 valence electrons. The summed E-state index contributed by atoms with van der Waals surface area (Å²) >= 11 is 0. The standard InChI is InChI=1S/C86H145NO8/c1-6-8-10-12-14-16-18-20-22-24-26-28-30-32-34-36-38-40-41-42-43-45-47-49-51-53-55-57-59-61-63-65-67-69-71-73-75-77-84(89)95-82(81-94-86(85(90)91)92-79-78-87(3,4)5)80-93-83(88)76-74-72-70-68-66-64-62-60-58-56-54-52-50-48-46-44-39-37-35-33-31-29-27-25-23-21-19-17-15-13-11-9-7-2/h8,10,14,16,20,22,25-28,32,34,38,40,42-43,47,49,53,55,59,61,65,67,82,86H,6-7,9,11-13,15,17-19,21,23-24,29-31,33,35-37,39,41,44-46,48,50-52,54,56-58,60,62-64,66,68-81H2,1-5H3/p+1/b10-8-,16-14-,22-20-,27-25-,28-26-,34-32-,40-38-,43-42-,49-47-,55-53-,61-59-,67-65-. The van der Waals surface area contributed by atoms with Crippen LogP contribution in [-0.4, -0.2) is 87.4 Å². The second kappa shape index (κ2) is 75.0. The number of carbonyl (C=O) groups excluding carboxylic acids is 2. The van der Waals surface area contributed by atoms with Gasteiger partial charge in [-0.15, -0.1) is 0 Å². The van der Waals surface area contributed by atoms with Crippen LogP contribution in [-0.2, 0) is 33.3 Å². The first-order chi connectivity index (χ1) is 46.6. The van der Waals surface area contributed by atoms with Gasteiger partial charge in [0.1, 0.15) is 13.2 Å². The first kappa shape index (κ1) is 90.2. The minimum Gasteiger partial charge on any atom is -0.477 e. The Kier molecular flexibility index (Phi) is 71.1.